The molecule has 0 bridgehead atoms. The number of anilines is 3. The van der Waals surface area contributed by atoms with E-state index in [4.69, 9.17) is 0 Å². The first-order valence-corrected chi connectivity index (χ1v) is 13.1. The minimum Gasteiger partial charge on any atom is -0.325 e. The molecule has 0 radical (unpaired) electrons. The number of alkyl halides is 3. The van der Waals surface area contributed by atoms with Gasteiger partial charge in [0.15, 0.2) is 0 Å². The van der Waals surface area contributed by atoms with Gasteiger partial charge in [0, 0.05) is 11.9 Å². The third-order valence-electron chi connectivity index (χ3n) is 4.51. The van der Waals surface area contributed by atoms with E-state index in [-0.39, 0.29) is 22.0 Å². The topological polar surface area (TPSA) is 126 Å². The summed E-state index contributed by atoms with van der Waals surface area (Å²) in [7, 11) is -8.04. The maximum Gasteiger partial charge on any atom is 0.416 e. The Morgan fingerprint density at radius 1 is 0.971 bits per heavy atom. The maximum absolute atomic E-state index is 13.0. The third kappa shape index (κ3) is 6.93. The summed E-state index contributed by atoms with van der Waals surface area (Å²) in [5.41, 5.74) is -1.01. The highest BCUT2D eigenvalue weighted by atomic mass is 32.2. The third-order valence-corrected chi connectivity index (χ3v) is 7.05. The molecule has 0 aliphatic carbocycles. The molecule has 2 N–H and O–H groups in total. The van der Waals surface area contributed by atoms with Gasteiger partial charge in [-0.3, -0.25) is 18.8 Å². The molecule has 1 aromatic heterocycles. The van der Waals surface area contributed by atoms with E-state index in [0.29, 0.717) is 10.4 Å². The van der Waals surface area contributed by atoms with E-state index < -0.39 is 44.2 Å². The van der Waals surface area contributed by atoms with Crippen molar-refractivity contribution in [1.82, 2.24) is 4.98 Å². The Hall–Kier alpha value is -3.65. The van der Waals surface area contributed by atoms with Crippen LogP contribution in [0.2, 0.25) is 0 Å². The van der Waals surface area contributed by atoms with E-state index in [1.807, 2.05) is 0 Å². The van der Waals surface area contributed by atoms with Crippen LogP contribution in [0, 0.1) is 0 Å². The largest absolute Gasteiger partial charge is 0.416 e. The summed E-state index contributed by atoms with van der Waals surface area (Å²) >= 11 is 0. The fourth-order valence-electron chi connectivity index (χ4n) is 2.92. The number of sulfonamides is 2. The van der Waals surface area contributed by atoms with Crippen molar-refractivity contribution in [3.05, 3.63) is 78.6 Å². The Labute approximate surface area is 199 Å². The number of benzene rings is 2. The lowest BCUT2D eigenvalue weighted by molar-refractivity contribution is -0.137. The monoisotopic (exact) mass is 528 g/mol. The number of pyridine rings is 1. The number of carbonyl (C=O) groups excluding carboxylic acids is 1. The van der Waals surface area contributed by atoms with Gasteiger partial charge in [0.05, 0.1) is 34.3 Å². The van der Waals surface area contributed by atoms with Crippen molar-refractivity contribution in [2.45, 2.75) is 11.1 Å². The van der Waals surface area contributed by atoms with Crippen molar-refractivity contribution in [2.24, 2.45) is 0 Å². The lowest BCUT2D eigenvalue weighted by Gasteiger charge is -2.22. The van der Waals surface area contributed by atoms with Crippen LogP contribution in [0.4, 0.5) is 30.2 Å². The molecule has 14 heteroatoms. The Morgan fingerprint density at radius 2 is 1.66 bits per heavy atom. The molecule has 186 valence electrons. The van der Waals surface area contributed by atoms with Gasteiger partial charge in [-0.15, -0.1) is 0 Å². The van der Waals surface area contributed by atoms with E-state index in [1.54, 1.807) is 6.07 Å². The predicted octanol–water partition coefficient (Wildman–Crippen LogP) is 3.31. The van der Waals surface area contributed by atoms with Crippen molar-refractivity contribution in [3.63, 3.8) is 0 Å². The first-order chi connectivity index (χ1) is 16.3. The second kappa shape index (κ2) is 9.92. The van der Waals surface area contributed by atoms with E-state index in [0.717, 1.165) is 24.5 Å². The molecule has 1 heterocycles. The molecule has 0 unspecified atom stereocenters. The second-order valence-electron chi connectivity index (χ2n) is 7.24. The molecule has 9 nitrogen and oxygen atoms in total. The highest BCUT2D eigenvalue weighted by molar-refractivity contribution is 7.92. The van der Waals surface area contributed by atoms with Gasteiger partial charge >= 0.3 is 6.18 Å². The fourth-order valence-corrected chi connectivity index (χ4v) is 4.81. The minimum atomic E-state index is -4.70. The molecule has 0 spiro atoms. The number of amides is 1. The van der Waals surface area contributed by atoms with Gasteiger partial charge in [-0.2, -0.15) is 13.2 Å². The molecule has 35 heavy (non-hydrogen) atoms. The number of nitrogens with one attached hydrogen (secondary N) is 2. The molecule has 2 aromatic carbocycles. The summed E-state index contributed by atoms with van der Waals surface area (Å²) in [5.74, 6) is -0.850. The number of carbonyl (C=O) groups is 1. The van der Waals surface area contributed by atoms with Crippen LogP contribution in [-0.4, -0.2) is 40.5 Å². The molecule has 0 atom stereocenters. The number of nitrogens with zero attached hydrogens (tertiary/aromatic N) is 2. The summed E-state index contributed by atoms with van der Waals surface area (Å²) < 4.78 is 91.2. The van der Waals surface area contributed by atoms with Crippen LogP contribution in [0.25, 0.3) is 0 Å². The molecular formula is C21H19F3N4O5S2. The average Bonchev–Trinajstić information content (AvgIpc) is 2.77. The van der Waals surface area contributed by atoms with Crippen molar-refractivity contribution in [3.8, 4) is 0 Å². The van der Waals surface area contributed by atoms with Crippen molar-refractivity contribution in [2.75, 3.05) is 27.1 Å². The van der Waals surface area contributed by atoms with Crippen LogP contribution in [0.1, 0.15) is 5.56 Å². The molecule has 3 aromatic rings. The van der Waals surface area contributed by atoms with Gasteiger partial charge in [0.25, 0.3) is 10.0 Å². The smallest absolute Gasteiger partial charge is 0.325 e. The van der Waals surface area contributed by atoms with Crippen LogP contribution >= 0.6 is 0 Å². The lowest BCUT2D eigenvalue weighted by atomic mass is 10.2. The van der Waals surface area contributed by atoms with Gasteiger partial charge in [-0.05, 0) is 54.6 Å². The fraction of sp³-hybridized carbons (Fsp3) is 0.143. The van der Waals surface area contributed by atoms with Crippen LogP contribution in [-0.2, 0) is 31.0 Å². The molecule has 3 rings (SSSR count). The number of aromatic nitrogens is 1. The Kier molecular flexibility index (Phi) is 7.36. The molecular weight excluding hydrogens is 509 g/mol. The van der Waals surface area contributed by atoms with Crippen LogP contribution in [0.5, 0.6) is 0 Å². The molecule has 1 amide bonds. The normalized spacial score (nSPS) is 12.1. The van der Waals surface area contributed by atoms with E-state index in [9.17, 15) is 34.8 Å². The maximum atomic E-state index is 13.0. The Balaban J connectivity index is 1.74. The number of hydrogen-bond donors (Lipinski definition) is 2. The standard InChI is InChI=1S/C21H19F3N4O5S2/c1-34(30,31)28(18-6-2-4-15(12-18)21(22,23)24)14-20(29)26-16-7-9-19(10-8-16)35(32,33)27-17-5-3-11-25-13-17/h2-13,27H,14H2,1H3,(H,26,29). The van der Waals surface area contributed by atoms with E-state index in [1.165, 1.54) is 42.7 Å². The van der Waals surface area contributed by atoms with Gasteiger partial charge in [0.2, 0.25) is 15.9 Å². The number of rotatable bonds is 8. The zero-order valence-corrected chi connectivity index (χ0v) is 19.7. The van der Waals surface area contributed by atoms with Gasteiger partial charge in [-0.25, -0.2) is 16.8 Å². The molecule has 0 saturated carbocycles. The predicted molar refractivity (Wildman–Crippen MR) is 124 cm³/mol. The van der Waals surface area contributed by atoms with Crippen LogP contribution < -0.4 is 14.3 Å². The first kappa shape index (κ1) is 26.0. The molecule has 0 aliphatic rings. The second-order valence-corrected chi connectivity index (χ2v) is 10.8. The average molecular weight is 529 g/mol. The van der Waals surface area contributed by atoms with Crippen LogP contribution in [0.3, 0.4) is 0 Å². The quantitative estimate of drug-likeness (QED) is 0.462. The van der Waals surface area contributed by atoms with Crippen molar-refractivity contribution < 1.29 is 34.8 Å². The first-order valence-electron chi connectivity index (χ1n) is 9.73. The summed E-state index contributed by atoms with van der Waals surface area (Å²) in [6, 6.07) is 11.6. The summed E-state index contributed by atoms with van der Waals surface area (Å²) in [6.07, 6.45) is -1.14. The Bertz CT molecular complexity index is 1410. The lowest BCUT2D eigenvalue weighted by Crippen LogP contribution is -2.37. The van der Waals surface area contributed by atoms with Gasteiger partial charge in [0.1, 0.15) is 6.54 Å². The van der Waals surface area contributed by atoms with Gasteiger partial charge in [-0.1, -0.05) is 6.07 Å². The number of hydrogen-bond acceptors (Lipinski definition) is 6. The number of halogens is 3. The van der Waals surface area contributed by atoms with E-state index >= 15 is 0 Å². The zero-order chi connectivity index (χ0) is 25.9. The van der Waals surface area contributed by atoms with Crippen molar-refractivity contribution >= 4 is 43.0 Å². The van der Waals surface area contributed by atoms with E-state index in [2.05, 4.69) is 15.0 Å². The highest BCUT2D eigenvalue weighted by Gasteiger charge is 2.32. The molecule has 0 saturated heterocycles. The van der Waals surface area contributed by atoms with Crippen LogP contribution in [0.15, 0.2) is 78.0 Å². The molecule has 0 aliphatic heterocycles. The van der Waals surface area contributed by atoms with Gasteiger partial charge < -0.3 is 5.32 Å². The summed E-state index contributed by atoms with van der Waals surface area (Å²) in [5, 5.41) is 2.39. The SMILES string of the molecule is CS(=O)(=O)N(CC(=O)Nc1ccc(S(=O)(=O)Nc2cccnc2)cc1)c1cccc(C(F)(F)F)c1. The Morgan fingerprint density at radius 3 is 2.23 bits per heavy atom. The highest BCUT2D eigenvalue weighted by Crippen LogP contribution is 2.32. The zero-order valence-electron chi connectivity index (χ0n) is 18.0. The summed E-state index contributed by atoms with van der Waals surface area (Å²) in [4.78, 5) is 16.2. The minimum absolute atomic E-state index is 0.110. The summed E-state index contributed by atoms with van der Waals surface area (Å²) in [6.45, 7) is -0.803. The van der Waals surface area contributed by atoms with Crippen molar-refractivity contribution in [1.29, 1.82) is 0 Å². The molecule has 0 fully saturated rings.